The van der Waals surface area contributed by atoms with Crippen molar-refractivity contribution in [3.05, 3.63) is 539 Å². The molecule has 1 aliphatic carbocycles. The van der Waals surface area contributed by atoms with E-state index in [2.05, 4.69) is 496 Å². The van der Waals surface area contributed by atoms with Gasteiger partial charge in [-0.1, -0.05) is 347 Å². The fraction of sp³-hybridized carbons (Fsp3) is 0.0216. The second-order valence-electron chi connectivity index (χ2n) is 38.5. The van der Waals surface area contributed by atoms with Crippen molar-refractivity contribution in [1.82, 2.24) is 0 Å². The van der Waals surface area contributed by atoms with Crippen LogP contribution in [0.2, 0.25) is 0 Å². The van der Waals surface area contributed by atoms with Crippen molar-refractivity contribution in [3.63, 3.8) is 0 Å². The van der Waals surface area contributed by atoms with Crippen molar-refractivity contribution in [2.24, 2.45) is 0 Å². The summed E-state index contributed by atoms with van der Waals surface area (Å²) in [6.07, 6.45) is 0. The summed E-state index contributed by atoms with van der Waals surface area (Å²) in [6, 6.07) is 188. The van der Waals surface area contributed by atoms with Gasteiger partial charge in [0.2, 0.25) is 0 Å². The van der Waals surface area contributed by atoms with Crippen LogP contribution in [0.15, 0.2) is 550 Å². The van der Waals surface area contributed by atoms with Crippen LogP contribution in [0.4, 0.5) is 51.2 Å². The highest BCUT2D eigenvalue weighted by Crippen LogP contribution is 2.53. The van der Waals surface area contributed by atoms with E-state index in [4.69, 9.17) is 22.1 Å². The summed E-state index contributed by atoms with van der Waals surface area (Å²) in [5.74, 6) is 0. The standard InChI is InChI=1S/C51H37NO.C48H31NO2.C40H25NO2/c1-51(2)47-19-11-9-17-43(47)46-32-37(23-28-48(46)51)36-21-24-40(25-22-36)52(41-26-27-45-44-18-10-12-20-49(44)53-50(45)33-41)42-30-38(34-13-5-3-6-14-34)29-39(31-42)35-15-7-4-8-16-35;1-3-11-32(12-4-1)36-27-37(33-13-5-2-6-14-33)29-40(28-36)49(39-24-25-43-41-15-7-9-17-45(41)51-48(43)31-39)38-22-19-34(20-23-38)35-21-26-47-44(30-35)42-16-8-10-18-46(42)50-47;1-2-10-31-27(8-1)9-7-13-36(31)41(30-21-22-34-32-11-3-5-14-37(32)43-40(34)25-30)29-19-16-26(17-20-29)28-18-23-39-35(24-28)33-12-4-6-15-38(33)42-39/h3-33H,1-2H3;1-31H;1-25H. The molecule has 29 rings (SSSR count). The molecule has 5 heterocycles. The molecule has 0 N–H and O–H groups in total. The van der Waals surface area contributed by atoms with Crippen LogP contribution in [0.25, 0.3) is 209 Å². The lowest BCUT2D eigenvalue weighted by Crippen LogP contribution is -2.14. The van der Waals surface area contributed by atoms with Crippen LogP contribution in [0.5, 0.6) is 0 Å². The molecule has 0 amide bonds. The second-order valence-corrected chi connectivity index (χ2v) is 38.5. The van der Waals surface area contributed by atoms with Gasteiger partial charge in [-0.3, -0.25) is 0 Å². The summed E-state index contributed by atoms with van der Waals surface area (Å²) >= 11 is 0. The summed E-state index contributed by atoms with van der Waals surface area (Å²) in [5.41, 5.74) is 40.2. The van der Waals surface area contributed by atoms with Crippen molar-refractivity contribution >= 4 is 172 Å². The van der Waals surface area contributed by atoms with Crippen LogP contribution in [0, 0.1) is 0 Å². The maximum absolute atomic E-state index is 6.43. The number of rotatable bonds is 16. The van der Waals surface area contributed by atoms with Gasteiger partial charge in [0.25, 0.3) is 0 Å². The van der Waals surface area contributed by atoms with Crippen molar-refractivity contribution in [2.45, 2.75) is 19.3 Å². The fourth-order valence-electron chi connectivity index (χ4n) is 22.1. The van der Waals surface area contributed by atoms with Gasteiger partial charge < -0.3 is 36.8 Å². The highest BCUT2D eigenvalue weighted by Gasteiger charge is 2.36. The molecule has 147 heavy (non-hydrogen) atoms. The number of para-hydroxylation sites is 5. The number of furan rings is 5. The zero-order valence-corrected chi connectivity index (χ0v) is 80.6. The van der Waals surface area contributed by atoms with Gasteiger partial charge in [0.15, 0.2) is 0 Å². The average Bonchev–Trinajstić information content (AvgIpc) is 1.57. The Hall–Kier alpha value is -19.3. The summed E-state index contributed by atoms with van der Waals surface area (Å²) in [4.78, 5) is 7.02. The zero-order chi connectivity index (χ0) is 97.6. The quantitative estimate of drug-likeness (QED) is 0.0947. The maximum atomic E-state index is 6.43. The molecule has 28 aromatic rings. The van der Waals surface area contributed by atoms with E-state index in [9.17, 15) is 0 Å². The van der Waals surface area contributed by atoms with Crippen molar-refractivity contribution < 1.29 is 22.1 Å². The largest absolute Gasteiger partial charge is 0.456 e. The minimum atomic E-state index is -0.0113. The van der Waals surface area contributed by atoms with Crippen LogP contribution in [0.1, 0.15) is 25.0 Å². The van der Waals surface area contributed by atoms with Crippen LogP contribution in [0.3, 0.4) is 0 Å². The first-order chi connectivity index (χ1) is 72.6. The Balaban J connectivity index is 0.000000110. The first-order valence-electron chi connectivity index (χ1n) is 50.1. The van der Waals surface area contributed by atoms with Gasteiger partial charge in [-0.25, -0.2) is 0 Å². The molecule has 0 fully saturated rings. The maximum Gasteiger partial charge on any atom is 0.137 e. The molecule has 8 nitrogen and oxygen atoms in total. The van der Waals surface area contributed by atoms with Crippen molar-refractivity contribution in [1.29, 1.82) is 0 Å². The molecule has 8 heteroatoms. The normalized spacial score (nSPS) is 12.1. The minimum absolute atomic E-state index is 0.0113. The number of hydrogen-bond acceptors (Lipinski definition) is 8. The predicted octanol–water partition coefficient (Wildman–Crippen LogP) is 40.1. The molecule has 0 aliphatic heterocycles. The molecular weight excluding hydrogens is 1790 g/mol. The fourth-order valence-corrected chi connectivity index (χ4v) is 22.1. The molecule has 23 aromatic carbocycles. The molecule has 5 aromatic heterocycles. The first kappa shape index (κ1) is 86.8. The predicted molar refractivity (Wildman–Crippen MR) is 613 cm³/mol. The summed E-state index contributed by atoms with van der Waals surface area (Å²) in [5, 5.41) is 13.6. The molecule has 0 spiro atoms. The van der Waals surface area contributed by atoms with E-state index in [0.29, 0.717) is 0 Å². The molecule has 0 radical (unpaired) electrons. The lowest BCUT2D eigenvalue weighted by Gasteiger charge is -2.27. The van der Waals surface area contributed by atoms with Crippen LogP contribution < -0.4 is 14.7 Å². The smallest absolute Gasteiger partial charge is 0.137 e. The lowest BCUT2D eigenvalue weighted by atomic mass is 9.82. The van der Waals surface area contributed by atoms with Gasteiger partial charge >= 0.3 is 0 Å². The monoisotopic (exact) mass is 1880 g/mol. The Morgan fingerprint density at radius 3 is 0.816 bits per heavy atom. The minimum Gasteiger partial charge on any atom is -0.456 e. The van der Waals surface area contributed by atoms with E-state index in [0.717, 1.165) is 205 Å². The third-order valence-electron chi connectivity index (χ3n) is 29.4. The summed E-state index contributed by atoms with van der Waals surface area (Å²) < 4.78 is 31.3. The van der Waals surface area contributed by atoms with E-state index in [1.54, 1.807) is 0 Å². The van der Waals surface area contributed by atoms with Crippen LogP contribution >= 0.6 is 0 Å². The molecule has 0 bridgehead atoms. The van der Waals surface area contributed by atoms with Gasteiger partial charge in [0.1, 0.15) is 55.8 Å². The van der Waals surface area contributed by atoms with Crippen LogP contribution in [-0.2, 0) is 5.41 Å². The molecule has 0 atom stereocenters. The molecule has 1 aliphatic rings. The Labute approximate surface area is 849 Å². The molecule has 0 saturated carbocycles. The van der Waals surface area contributed by atoms with E-state index in [1.807, 2.05) is 60.7 Å². The Kier molecular flexibility index (Phi) is 21.5. The Morgan fingerprint density at radius 1 is 0.143 bits per heavy atom. The van der Waals surface area contributed by atoms with Gasteiger partial charge in [-0.05, 0) is 281 Å². The number of nitrogens with zero attached hydrogens (tertiary/aromatic N) is 3. The Morgan fingerprint density at radius 2 is 0.415 bits per heavy atom. The van der Waals surface area contributed by atoms with Crippen molar-refractivity contribution in [3.8, 4) is 89.0 Å². The summed E-state index contributed by atoms with van der Waals surface area (Å²) in [7, 11) is 0. The van der Waals surface area contributed by atoms with Gasteiger partial charge in [0.05, 0.1) is 5.69 Å². The number of fused-ring (bicyclic) bond motifs is 19. The third-order valence-corrected chi connectivity index (χ3v) is 29.4. The lowest BCUT2D eigenvalue weighted by molar-refractivity contribution is 0.660. The first-order valence-corrected chi connectivity index (χ1v) is 50.1. The van der Waals surface area contributed by atoms with Gasteiger partial charge in [0, 0.05) is 128 Å². The highest BCUT2D eigenvalue weighted by atomic mass is 16.3. The van der Waals surface area contributed by atoms with Crippen LogP contribution in [-0.4, -0.2) is 0 Å². The Bertz CT molecular complexity index is 9790. The highest BCUT2D eigenvalue weighted by molar-refractivity contribution is 6.12. The number of hydrogen-bond donors (Lipinski definition) is 0. The molecule has 0 unspecified atom stereocenters. The summed E-state index contributed by atoms with van der Waals surface area (Å²) in [6.45, 7) is 4.67. The van der Waals surface area contributed by atoms with Gasteiger partial charge in [-0.15, -0.1) is 0 Å². The average molecular weight is 1890 g/mol. The van der Waals surface area contributed by atoms with E-state index < -0.39 is 0 Å². The number of benzene rings is 23. The molecular formula is C139H93N3O5. The van der Waals surface area contributed by atoms with Gasteiger partial charge in [-0.2, -0.15) is 0 Å². The topological polar surface area (TPSA) is 75.4 Å². The van der Waals surface area contributed by atoms with E-state index >= 15 is 0 Å². The number of anilines is 9. The molecule has 694 valence electrons. The van der Waals surface area contributed by atoms with Crippen molar-refractivity contribution in [2.75, 3.05) is 14.7 Å². The van der Waals surface area contributed by atoms with E-state index in [-0.39, 0.29) is 5.41 Å². The second kappa shape index (κ2) is 36.4. The molecule has 0 saturated heterocycles. The zero-order valence-electron chi connectivity index (χ0n) is 80.6. The van der Waals surface area contributed by atoms with E-state index in [1.165, 1.54) is 66.4 Å². The SMILES string of the molecule is CC1(C)c2ccccc2-c2cc(-c3ccc(N(c4cc(-c5ccccc5)cc(-c5ccccc5)c4)c4ccc5c(c4)oc4ccccc45)cc3)ccc21.c1ccc(-c2cc(-c3ccccc3)cc(N(c3ccc(-c4ccc5oc6ccccc6c5c4)cc3)c3ccc4c(c3)oc3ccccc34)c2)cc1.c1ccc2c(N(c3ccc(-c4ccc5oc6ccccc6c5c4)cc3)c3ccc4c(c3)oc3ccccc34)cccc2c1. The third kappa shape index (κ3) is 15.9.